The van der Waals surface area contributed by atoms with Crippen LogP contribution in [0.3, 0.4) is 0 Å². The molecular formula is C26H38N6O3S2. The molecule has 1 N–H and O–H groups in total. The third kappa shape index (κ3) is 5.89. The summed E-state index contributed by atoms with van der Waals surface area (Å²) in [4.78, 5) is 10.6. The molecule has 1 aliphatic rings. The molecule has 0 unspecified atom stereocenters. The van der Waals surface area contributed by atoms with Crippen molar-refractivity contribution in [2.75, 3.05) is 39.3 Å². The Hall–Kier alpha value is -2.34. The average molecular weight is 547 g/mol. The van der Waals surface area contributed by atoms with Gasteiger partial charge in [-0.15, -0.1) is 0 Å². The van der Waals surface area contributed by atoms with Crippen molar-refractivity contribution in [2.24, 2.45) is 13.0 Å². The van der Waals surface area contributed by atoms with E-state index in [2.05, 4.69) is 47.7 Å². The Morgan fingerprint density at radius 2 is 1.89 bits per heavy atom. The Balaban J connectivity index is 1.80. The van der Waals surface area contributed by atoms with Crippen LogP contribution in [0.1, 0.15) is 46.2 Å². The molecule has 0 aliphatic carbocycles. The molecule has 1 aliphatic heterocycles. The third-order valence-corrected chi connectivity index (χ3v) is 9.02. The van der Waals surface area contributed by atoms with Crippen molar-refractivity contribution in [1.82, 2.24) is 29.0 Å². The van der Waals surface area contributed by atoms with E-state index in [0.717, 1.165) is 55.6 Å². The van der Waals surface area contributed by atoms with Gasteiger partial charge in [0.25, 0.3) is 0 Å². The van der Waals surface area contributed by atoms with Gasteiger partial charge >= 0.3 is 0 Å². The standard InChI is InChI=1S/C26H38N6O3S2/c1-6-8-21-23-24(30(5)29-21)26(36)28-25(27-23)20-17-19(9-10-22(20)35-16-11-18(3)4)37(33,34)32-14-12-31(7-2)13-15-32/h9-10,17-18H,6-8,11-16H2,1-5H3,(H,27,28,36). The van der Waals surface area contributed by atoms with Gasteiger partial charge in [0.05, 0.1) is 28.3 Å². The molecule has 0 saturated carbocycles. The first-order valence-corrected chi connectivity index (χ1v) is 15.0. The molecule has 202 valence electrons. The molecule has 1 fully saturated rings. The van der Waals surface area contributed by atoms with Crippen molar-refractivity contribution in [2.45, 2.75) is 51.9 Å². The highest BCUT2D eigenvalue weighted by Gasteiger charge is 2.29. The maximum atomic E-state index is 13.6. The summed E-state index contributed by atoms with van der Waals surface area (Å²) in [5.41, 5.74) is 3.09. The second kappa shape index (κ2) is 11.6. The zero-order valence-corrected chi connectivity index (χ0v) is 24.1. The van der Waals surface area contributed by atoms with Gasteiger partial charge in [0.15, 0.2) is 4.64 Å². The van der Waals surface area contributed by atoms with E-state index in [0.29, 0.717) is 47.4 Å². The van der Waals surface area contributed by atoms with Gasteiger partial charge in [-0.1, -0.05) is 46.3 Å². The molecule has 0 amide bonds. The Bertz CT molecular complexity index is 1410. The summed E-state index contributed by atoms with van der Waals surface area (Å²) >= 11 is 5.66. The maximum Gasteiger partial charge on any atom is 0.243 e. The highest BCUT2D eigenvalue weighted by molar-refractivity contribution is 7.89. The first kappa shape index (κ1) is 27.7. The van der Waals surface area contributed by atoms with Crippen LogP contribution in [0.15, 0.2) is 23.1 Å². The van der Waals surface area contributed by atoms with Gasteiger partial charge < -0.3 is 14.6 Å². The molecule has 1 aromatic carbocycles. The zero-order valence-electron chi connectivity index (χ0n) is 22.5. The highest BCUT2D eigenvalue weighted by atomic mass is 32.2. The smallest absolute Gasteiger partial charge is 0.243 e. The number of benzene rings is 1. The van der Waals surface area contributed by atoms with E-state index >= 15 is 0 Å². The van der Waals surface area contributed by atoms with Gasteiger partial charge in [0, 0.05) is 33.2 Å². The Kier molecular flexibility index (Phi) is 8.67. The number of ether oxygens (including phenoxy) is 1. The van der Waals surface area contributed by atoms with Crippen molar-refractivity contribution in [3.8, 4) is 17.1 Å². The topological polar surface area (TPSA) is 96.3 Å². The Morgan fingerprint density at radius 1 is 1.16 bits per heavy atom. The number of aryl methyl sites for hydroxylation is 2. The van der Waals surface area contributed by atoms with E-state index in [4.69, 9.17) is 17.0 Å². The average Bonchev–Trinajstić information content (AvgIpc) is 3.19. The van der Waals surface area contributed by atoms with Gasteiger partial charge in [-0.3, -0.25) is 4.68 Å². The summed E-state index contributed by atoms with van der Waals surface area (Å²) in [5, 5.41) is 4.64. The van der Waals surface area contributed by atoms with E-state index in [-0.39, 0.29) is 4.90 Å². The van der Waals surface area contributed by atoms with Crippen molar-refractivity contribution in [3.05, 3.63) is 28.5 Å². The number of piperazine rings is 1. The van der Waals surface area contributed by atoms with E-state index in [9.17, 15) is 8.42 Å². The number of fused-ring (bicyclic) bond motifs is 1. The molecule has 9 nitrogen and oxygen atoms in total. The normalized spacial score (nSPS) is 15.6. The van der Waals surface area contributed by atoms with E-state index < -0.39 is 10.0 Å². The van der Waals surface area contributed by atoms with Gasteiger partial charge in [-0.25, -0.2) is 13.4 Å². The van der Waals surface area contributed by atoms with E-state index in [1.807, 2.05) is 7.05 Å². The lowest BCUT2D eigenvalue weighted by Crippen LogP contribution is -2.48. The lowest BCUT2D eigenvalue weighted by molar-refractivity contribution is 0.196. The van der Waals surface area contributed by atoms with Crippen LogP contribution < -0.4 is 4.74 Å². The molecule has 37 heavy (non-hydrogen) atoms. The largest absolute Gasteiger partial charge is 0.493 e. The summed E-state index contributed by atoms with van der Waals surface area (Å²) in [6, 6.07) is 5.04. The molecule has 0 atom stereocenters. The predicted molar refractivity (Wildman–Crippen MR) is 149 cm³/mol. The molecule has 2 aromatic heterocycles. The number of nitrogens with one attached hydrogen (secondary N) is 1. The number of sulfonamides is 1. The van der Waals surface area contributed by atoms with E-state index in [1.54, 1.807) is 27.2 Å². The molecule has 3 heterocycles. The predicted octanol–water partition coefficient (Wildman–Crippen LogP) is 4.40. The van der Waals surface area contributed by atoms with Crippen molar-refractivity contribution in [1.29, 1.82) is 0 Å². The third-order valence-electron chi connectivity index (χ3n) is 6.84. The second-order valence-electron chi connectivity index (χ2n) is 9.96. The molecular weight excluding hydrogens is 508 g/mol. The van der Waals surface area contributed by atoms with Crippen LogP contribution in [-0.4, -0.2) is 76.7 Å². The maximum absolute atomic E-state index is 13.6. The van der Waals surface area contributed by atoms with Crippen LogP contribution in [0.5, 0.6) is 5.75 Å². The number of nitrogens with zero attached hydrogens (tertiary/aromatic N) is 5. The van der Waals surface area contributed by atoms with Gasteiger partial charge in [-0.05, 0) is 43.5 Å². The fraction of sp³-hybridized carbons (Fsp3) is 0.577. The minimum absolute atomic E-state index is 0.227. The summed E-state index contributed by atoms with van der Waals surface area (Å²) in [6.07, 6.45) is 2.61. The van der Waals surface area contributed by atoms with Crippen LogP contribution in [0.25, 0.3) is 22.4 Å². The van der Waals surface area contributed by atoms with Crippen molar-refractivity contribution >= 4 is 33.3 Å². The van der Waals surface area contributed by atoms with Gasteiger partial charge in [-0.2, -0.15) is 9.40 Å². The van der Waals surface area contributed by atoms with Crippen LogP contribution in [0.4, 0.5) is 0 Å². The number of rotatable bonds is 10. The minimum atomic E-state index is -3.67. The van der Waals surface area contributed by atoms with Gasteiger partial charge in [0.1, 0.15) is 17.1 Å². The zero-order chi connectivity index (χ0) is 26.7. The first-order valence-electron chi connectivity index (χ1n) is 13.1. The lowest BCUT2D eigenvalue weighted by atomic mass is 10.1. The molecule has 0 bridgehead atoms. The summed E-state index contributed by atoms with van der Waals surface area (Å²) in [6.45, 7) is 12.3. The number of hydrogen-bond donors (Lipinski definition) is 1. The minimum Gasteiger partial charge on any atom is -0.493 e. The molecule has 1 saturated heterocycles. The van der Waals surface area contributed by atoms with E-state index in [1.165, 1.54) is 0 Å². The van der Waals surface area contributed by atoms with Crippen LogP contribution in [-0.2, 0) is 23.5 Å². The second-order valence-corrected chi connectivity index (χ2v) is 12.3. The molecule has 3 aromatic rings. The summed E-state index contributed by atoms with van der Waals surface area (Å²) in [7, 11) is -1.81. The molecule has 4 rings (SSSR count). The lowest BCUT2D eigenvalue weighted by Gasteiger charge is -2.33. The number of aromatic amines is 1. The SMILES string of the molecule is CCCc1nn(C)c2c(=S)nc(-c3cc(S(=O)(=O)N4CCN(CC)CC4)ccc3OCCC(C)C)[nH]c12. The number of likely N-dealkylation sites (N-methyl/N-ethyl adjacent to an activating group) is 1. The summed E-state index contributed by atoms with van der Waals surface area (Å²) in [5.74, 6) is 1.54. The van der Waals surface area contributed by atoms with Crippen molar-refractivity contribution < 1.29 is 13.2 Å². The summed E-state index contributed by atoms with van der Waals surface area (Å²) < 4.78 is 37.1. The molecule has 11 heteroatoms. The first-order chi connectivity index (χ1) is 17.6. The fourth-order valence-corrected chi connectivity index (χ4v) is 6.39. The van der Waals surface area contributed by atoms with Gasteiger partial charge in [0.2, 0.25) is 10.0 Å². The highest BCUT2D eigenvalue weighted by Crippen LogP contribution is 2.33. The Morgan fingerprint density at radius 3 is 2.54 bits per heavy atom. The quantitative estimate of drug-likeness (QED) is 0.377. The number of aromatic nitrogens is 4. The number of H-pyrrole nitrogens is 1. The van der Waals surface area contributed by atoms with Crippen LogP contribution >= 0.6 is 12.2 Å². The number of hydrogen-bond acceptors (Lipinski definition) is 7. The van der Waals surface area contributed by atoms with Crippen LogP contribution in [0, 0.1) is 10.6 Å². The Labute approximate surface area is 224 Å². The molecule has 0 radical (unpaired) electrons. The fourth-order valence-electron chi connectivity index (χ4n) is 4.62. The monoisotopic (exact) mass is 546 g/mol. The van der Waals surface area contributed by atoms with Crippen LogP contribution in [0.2, 0.25) is 0 Å². The molecule has 0 spiro atoms. The van der Waals surface area contributed by atoms with Crippen molar-refractivity contribution in [3.63, 3.8) is 0 Å².